The third kappa shape index (κ3) is 3.82. The van der Waals surface area contributed by atoms with Crippen LogP contribution in [-0.2, 0) is 10.2 Å². The summed E-state index contributed by atoms with van der Waals surface area (Å²) < 4.78 is 13.2. The van der Waals surface area contributed by atoms with Crippen LogP contribution in [0.5, 0.6) is 0 Å². The van der Waals surface area contributed by atoms with Crippen LogP contribution in [0.25, 0.3) is 0 Å². The summed E-state index contributed by atoms with van der Waals surface area (Å²) in [4.78, 5) is 13.3. The molecule has 0 saturated carbocycles. The molecule has 1 aromatic carbocycles. The third-order valence-corrected chi connectivity index (χ3v) is 4.61. The second-order valence-electron chi connectivity index (χ2n) is 5.88. The predicted molar refractivity (Wildman–Crippen MR) is 83.4 cm³/mol. The Morgan fingerprint density at radius 3 is 2.52 bits per heavy atom. The molecular weight excluding hydrogens is 289 g/mol. The van der Waals surface area contributed by atoms with Crippen molar-refractivity contribution < 1.29 is 14.3 Å². The lowest BCUT2D eigenvalue weighted by Crippen LogP contribution is -2.19. The van der Waals surface area contributed by atoms with Gasteiger partial charge < -0.3 is 10.4 Å². The fourth-order valence-corrected chi connectivity index (χ4v) is 3.02. The normalized spacial score (nSPS) is 13.0. The first-order valence-corrected chi connectivity index (χ1v) is 7.44. The van der Waals surface area contributed by atoms with Gasteiger partial charge in [0.15, 0.2) is 6.04 Å². The van der Waals surface area contributed by atoms with Crippen molar-refractivity contribution in [1.82, 2.24) is 0 Å². The van der Waals surface area contributed by atoms with Crippen molar-refractivity contribution in [1.29, 1.82) is 0 Å². The Balaban J connectivity index is 2.27. The van der Waals surface area contributed by atoms with E-state index in [1.807, 2.05) is 12.1 Å². The number of aliphatic carboxylic acids is 1. The van der Waals surface area contributed by atoms with Gasteiger partial charge in [-0.2, -0.15) is 0 Å². The summed E-state index contributed by atoms with van der Waals surface area (Å²) in [7, 11) is 0. The standard InChI is InChI=1S/C16H18FNO2S/c1-16(2,3)13-8-7-12(21-13)14(15(19)20)18-11-6-4-5-10(17)9-11/h4-9,14,18H,1-3H3,(H,19,20). The highest BCUT2D eigenvalue weighted by molar-refractivity contribution is 7.12. The zero-order valence-corrected chi connectivity index (χ0v) is 13.0. The molecule has 0 radical (unpaired) electrons. The maximum atomic E-state index is 13.2. The second-order valence-corrected chi connectivity index (χ2v) is 6.99. The van der Waals surface area contributed by atoms with E-state index in [0.29, 0.717) is 10.6 Å². The van der Waals surface area contributed by atoms with Gasteiger partial charge in [0.25, 0.3) is 0 Å². The van der Waals surface area contributed by atoms with Gasteiger partial charge >= 0.3 is 5.97 Å². The Morgan fingerprint density at radius 2 is 2.00 bits per heavy atom. The van der Waals surface area contributed by atoms with Gasteiger partial charge in [-0.1, -0.05) is 26.8 Å². The molecule has 0 fully saturated rings. The van der Waals surface area contributed by atoms with E-state index in [0.717, 1.165) is 4.88 Å². The van der Waals surface area contributed by atoms with Crippen LogP contribution in [0.4, 0.5) is 10.1 Å². The summed E-state index contributed by atoms with van der Waals surface area (Å²) in [6.07, 6.45) is 0. The lowest BCUT2D eigenvalue weighted by atomic mass is 9.95. The molecule has 1 atom stereocenters. The van der Waals surface area contributed by atoms with Crippen LogP contribution in [0.3, 0.4) is 0 Å². The number of halogens is 1. The van der Waals surface area contributed by atoms with Gasteiger partial charge in [-0.3, -0.25) is 0 Å². The van der Waals surface area contributed by atoms with Crippen molar-refractivity contribution in [2.24, 2.45) is 0 Å². The topological polar surface area (TPSA) is 49.3 Å². The average Bonchev–Trinajstić information content (AvgIpc) is 2.84. The molecule has 0 aliphatic carbocycles. The first-order chi connectivity index (χ1) is 9.77. The fraction of sp³-hybridized carbons (Fsp3) is 0.312. The van der Waals surface area contributed by atoms with E-state index in [1.165, 1.54) is 23.5 Å². The Hall–Kier alpha value is -1.88. The van der Waals surface area contributed by atoms with Gasteiger partial charge in [-0.15, -0.1) is 11.3 Å². The van der Waals surface area contributed by atoms with Crippen molar-refractivity contribution >= 4 is 23.0 Å². The third-order valence-electron chi connectivity index (χ3n) is 3.03. The largest absolute Gasteiger partial charge is 0.479 e. The lowest BCUT2D eigenvalue weighted by molar-refractivity contribution is -0.138. The van der Waals surface area contributed by atoms with Gasteiger partial charge in [0.1, 0.15) is 5.82 Å². The minimum absolute atomic E-state index is 0.0230. The molecule has 3 nitrogen and oxygen atoms in total. The van der Waals surface area contributed by atoms with Crippen molar-refractivity contribution in [2.45, 2.75) is 32.2 Å². The number of hydrogen-bond donors (Lipinski definition) is 2. The lowest BCUT2D eigenvalue weighted by Gasteiger charge is -2.17. The van der Waals surface area contributed by atoms with Crippen LogP contribution in [0.1, 0.15) is 36.6 Å². The van der Waals surface area contributed by atoms with Crippen LogP contribution in [0.2, 0.25) is 0 Å². The van der Waals surface area contributed by atoms with E-state index in [2.05, 4.69) is 26.1 Å². The molecule has 2 aromatic rings. The average molecular weight is 307 g/mol. The van der Waals surface area contributed by atoms with Gasteiger partial charge in [-0.05, 0) is 35.7 Å². The van der Waals surface area contributed by atoms with Crippen LogP contribution in [0.15, 0.2) is 36.4 Å². The molecule has 1 unspecified atom stereocenters. The molecule has 0 spiro atoms. The minimum Gasteiger partial charge on any atom is -0.479 e. The zero-order valence-electron chi connectivity index (χ0n) is 12.2. The molecule has 0 aliphatic rings. The molecule has 0 amide bonds. The smallest absolute Gasteiger partial charge is 0.331 e. The maximum absolute atomic E-state index is 13.2. The molecular formula is C16H18FNO2S. The zero-order chi connectivity index (χ0) is 15.6. The van der Waals surface area contributed by atoms with Crippen molar-refractivity contribution in [3.8, 4) is 0 Å². The molecule has 0 bridgehead atoms. The highest BCUT2D eigenvalue weighted by atomic mass is 32.1. The number of rotatable bonds is 4. The minimum atomic E-state index is -0.985. The quantitative estimate of drug-likeness (QED) is 0.879. The molecule has 2 rings (SSSR count). The fourth-order valence-electron chi connectivity index (χ4n) is 1.91. The molecule has 1 heterocycles. The van der Waals surface area contributed by atoms with Crippen LogP contribution in [-0.4, -0.2) is 11.1 Å². The van der Waals surface area contributed by atoms with E-state index in [4.69, 9.17) is 0 Å². The Morgan fingerprint density at radius 1 is 1.29 bits per heavy atom. The van der Waals surface area contributed by atoms with Gasteiger partial charge in [-0.25, -0.2) is 9.18 Å². The van der Waals surface area contributed by atoms with Crippen molar-refractivity contribution in [3.05, 3.63) is 52.0 Å². The van der Waals surface area contributed by atoms with Crippen molar-refractivity contribution in [2.75, 3.05) is 5.32 Å². The molecule has 21 heavy (non-hydrogen) atoms. The van der Waals surface area contributed by atoms with Gasteiger partial charge in [0, 0.05) is 15.4 Å². The van der Waals surface area contributed by atoms with E-state index >= 15 is 0 Å². The van der Waals surface area contributed by atoms with E-state index in [-0.39, 0.29) is 5.41 Å². The monoisotopic (exact) mass is 307 g/mol. The van der Waals surface area contributed by atoms with E-state index < -0.39 is 17.8 Å². The molecule has 112 valence electrons. The summed E-state index contributed by atoms with van der Waals surface area (Å²) in [6, 6.07) is 8.69. The van der Waals surface area contributed by atoms with Crippen LogP contribution in [0, 0.1) is 5.82 Å². The highest BCUT2D eigenvalue weighted by Crippen LogP contribution is 2.33. The Bertz CT molecular complexity index is 646. The van der Waals surface area contributed by atoms with Crippen molar-refractivity contribution in [3.63, 3.8) is 0 Å². The first-order valence-electron chi connectivity index (χ1n) is 6.62. The van der Waals surface area contributed by atoms with Crippen LogP contribution < -0.4 is 5.32 Å². The van der Waals surface area contributed by atoms with E-state index in [1.54, 1.807) is 12.1 Å². The highest BCUT2D eigenvalue weighted by Gasteiger charge is 2.24. The summed E-state index contributed by atoms with van der Waals surface area (Å²) in [5, 5.41) is 12.3. The summed E-state index contributed by atoms with van der Waals surface area (Å²) >= 11 is 1.46. The Labute approximate surface area is 127 Å². The first kappa shape index (κ1) is 15.5. The number of carbonyl (C=O) groups is 1. The number of hydrogen-bond acceptors (Lipinski definition) is 3. The number of thiophene rings is 1. The SMILES string of the molecule is CC(C)(C)c1ccc(C(Nc2cccc(F)c2)C(=O)O)s1. The van der Waals surface area contributed by atoms with Crippen LogP contribution >= 0.6 is 11.3 Å². The number of anilines is 1. The molecule has 0 saturated heterocycles. The van der Waals surface area contributed by atoms with E-state index in [9.17, 15) is 14.3 Å². The number of benzene rings is 1. The Kier molecular flexibility index (Phi) is 4.32. The second kappa shape index (κ2) is 5.85. The summed E-state index contributed by atoms with van der Waals surface area (Å²) in [5.74, 6) is -1.38. The summed E-state index contributed by atoms with van der Waals surface area (Å²) in [5.41, 5.74) is 0.429. The number of nitrogens with one attached hydrogen (secondary N) is 1. The summed E-state index contributed by atoms with van der Waals surface area (Å²) in [6.45, 7) is 6.25. The number of carboxylic acid groups (broad SMARTS) is 1. The molecule has 0 aliphatic heterocycles. The van der Waals surface area contributed by atoms with Gasteiger partial charge in [0.2, 0.25) is 0 Å². The number of carboxylic acids is 1. The van der Waals surface area contributed by atoms with Gasteiger partial charge in [0.05, 0.1) is 0 Å². The maximum Gasteiger partial charge on any atom is 0.331 e. The molecule has 5 heteroatoms. The molecule has 1 aromatic heterocycles. The molecule has 2 N–H and O–H groups in total. The predicted octanol–water partition coefficient (Wildman–Crippen LogP) is 4.42.